The SMILES string of the molecule is Cc1cc(=O)c(C(F)F)c(CC#N)[nH]1. The predicted octanol–water partition coefficient (Wildman–Crippen LogP) is 1.69. The Bertz CT molecular complexity index is 431. The van der Waals surface area contributed by atoms with Crippen molar-refractivity contribution in [1.82, 2.24) is 4.98 Å². The number of aromatic amines is 1. The van der Waals surface area contributed by atoms with Crippen LogP contribution in [0.25, 0.3) is 0 Å². The Morgan fingerprint density at radius 3 is 2.79 bits per heavy atom. The Balaban J connectivity index is 3.38. The second kappa shape index (κ2) is 4.01. The van der Waals surface area contributed by atoms with Crippen molar-refractivity contribution in [3.8, 4) is 6.07 Å². The highest BCUT2D eigenvalue weighted by molar-refractivity contribution is 5.26. The van der Waals surface area contributed by atoms with Crippen LogP contribution in [0.15, 0.2) is 10.9 Å². The number of H-pyrrole nitrogens is 1. The van der Waals surface area contributed by atoms with Gasteiger partial charge in [0.2, 0.25) is 0 Å². The summed E-state index contributed by atoms with van der Waals surface area (Å²) >= 11 is 0. The molecule has 14 heavy (non-hydrogen) atoms. The normalized spacial score (nSPS) is 10.2. The molecule has 0 saturated heterocycles. The van der Waals surface area contributed by atoms with Gasteiger partial charge in [0.1, 0.15) is 0 Å². The number of pyridine rings is 1. The minimum absolute atomic E-state index is 0.00694. The molecule has 0 atom stereocenters. The fraction of sp³-hybridized carbons (Fsp3) is 0.333. The van der Waals surface area contributed by atoms with Gasteiger partial charge in [-0.3, -0.25) is 4.79 Å². The molecule has 0 unspecified atom stereocenters. The van der Waals surface area contributed by atoms with E-state index in [1.54, 1.807) is 13.0 Å². The van der Waals surface area contributed by atoms with E-state index in [9.17, 15) is 13.6 Å². The highest BCUT2D eigenvalue weighted by Crippen LogP contribution is 2.18. The topological polar surface area (TPSA) is 56.6 Å². The summed E-state index contributed by atoms with van der Waals surface area (Å²) in [6.07, 6.45) is -3.06. The van der Waals surface area contributed by atoms with Gasteiger partial charge < -0.3 is 4.98 Å². The zero-order valence-electron chi connectivity index (χ0n) is 7.47. The third kappa shape index (κ3) is 1.96. The fourth-order valence-corrected chi connectivity index (χ4v) is 1.22. The van der Waals surface area contributed by atoms with Crippen molar-refractivity contribution in [2.75, 3.05) is 0 Å². The molecule has 3 nitrogen and oxygen atoms in total. The van der Waals surface area contributed by atoms with Crippen LogP contribution in [0.4, 0.5) is 8.78 Å². The number of nitrogens with one attached hydrogen (secondary N) is 1. The molecule has 5 heteroatoms. The van der Waals surface area contributed by atoms with Gasteiger partial charge in [0, 0.05) is 17.5 Å². The van der Waals surface area contributed by atoms with Crippen LogP contribution >= 0.6 is 0 Å². The van der Waals surface area contributed by atoms with Gasteiger partial charge in [0.25, 0.3) is 6.43 Å². The van der Waals surface area contributed by atoms with Crippen molar-refractivity contribution in [3.63, 3.8) is 0 Å². The minimum atomic E-state index is -2.84. The highest BCUT2D eigenvalue weighted by Gasteiger charge is 2.17. The van der Waals surface area contributed by atoms with E-state index in [1.807, 2.05) is 0 Å². The summed E-state index contributed by atoms with van der Waals surface area (Å²) in [5, 5.41) is 8.39. The van der Waals surface area contributed by atoms with Crippen LogP contribution in [-0.2, 0) is 6.42 Å². The van der Waals surface area contributed by atoms with Crippen molar-refractivity contribution in [1.29, 1.82) is 5.26 Å². The number of hydrogen-bond donors (Lipinski definition) is 1. The molecule has 0 aliphatic carbocycles. The lowest BCUT2D eigenvalue weighted by molar-refractivity contribution is 0.148. The van der Waals surface area contributed by atoms with Crippen LogP contribution in [0.3, 0.4) is 0 Å². The average Bonchev–Trinajstić information content (AvgIpc) is 2.01. The molecule has 1 rings (SSSR count). The largest absolute Gasteiger partial charge is 0.361 e. The van der Waals surface area contributed by atoms with Crippen LogP contribution < -0.4 is 5.43 Å². The van der Waals surface area contributed by atoms with E-state index >= 15 is 0 Å². The number of hydrogen-bond acceptors (Lipinski definition) is 2. The van der Waals surface area contributed by atoms with Crippen molar-refractivity contribution in [2.24, 2.45) is 0 Å². The standard InChI is InChI=1S/C9H8F2N2O/c1-5-4-7(14)8(9(10)11)6(13-5)2-3-12/h4,9H,2H2,1H3,(H,13,14). The number of nitriles is 1. The van der Waals surface area contributed by atoms with Crippen molar-refractivity contribution >= 4 is 0 Å². The molecule has 0 radical (unpaired) electrons. The third-order valence-electron chi connectivity index (χ3n) is 1.76. The van der Waals surface area contributed by atoms with Crippen molar-refractivity contribution in [3.05, 3.63) is 33.2 Å². The van der Waals surface area contributed by atoms with Gasteiger partial charge in [-0.25, -0.2) is 8.78 Å². The molecule has 0 aromatic carbocycles. The van der Waals surface area contributed by atoms with Gasteiger partial charge in [-0.15, -0.1) is 0 Å². The first-order chi connectivity index (χ1) is 6.56. The molecular formula is C9H8F2N2O. The predicted molar refractivity (Wildman–Crippen MR) is 46.1 cm³/mol. The van der Waals surface area contributed by atoms with E-state index in [4.69, 9.17) is 5.26 Å². The lowest BCUT2D eigenvalue weighted by Gasteiger charge is -2.05. The Labute approximate surface area is 79.0 Å². The fourth-order valence-electron chi connectivity index (χ4n) is 1.22. The second-order valence-electron chi connectivity index (χ2n) is 2.84. The summed E-state index contributed by atoms with van der Waals surface area (Å²) in [5.41, 5.74) is -0.837. The molecular weight excluding hydrogens is 190 g/mol. The molecule has 0 bridgehead atoms. The summed E-state index contributed by atoms with van der Waals surface area (Å²) in [6.45, 7) is 1.58. The molecule has 1 heterocycles. The van der Waals surface area contributed by atoms with E-state index in [1.165, 1.54) is 0 Å². The summed E-state index contributed by atoms with van der Waals surface area (Å²) in [5.74, 6) is 0. The molecule has 0 saturated carbocycles. The first-order valence-corrected chi connectivity index (χ1v) is 3.94. The Hall–Kier alpha value is -1.70. The molecule has 0 aliphatic rings. The van der Waals surface area contributed by atoms with Gasteiger partial charge >= 0.3 is 0 Å². The molecule has 0 aliphatic heterocycles. The van der Waals surface area contributed by atoms with Crippen LogP contribution in [0, 0.1) is 18.3 Å². The van der Waals surface area contributed by atoms with Crippen LogP contribution in [0.5, 0.6) is 0 Å². The van der Waals surface area contributed by atoms with Gasteiger partial charge in [-0.1, -0.05) is 0 Å². The zero-order chi connectivity index (χ0) is 10.7. The number of aromatic nitrogens is 1. The monoisotopic (exact) mass is 198 g/mol. The van der Waals surface area contributed by atoms with Crippen LogP contribution in [0.2, 0.25) is 0 Å². The lowest BCUT2D eigenvalue weighted by Crippen LogP contribution is -2.14. The van der Waals surface area contributed by atoms with E-state index in [-0.39, 0.29) is 12.1 Å². The molecule has 0 amide bonds. The maximum atomic E-state index is 12.4. The summed E-state index contributed by atoms with van der Waals surface area (Å²) < 4.78 is 24.8. The number of rotatable bonds is 2. The molecule has 1 aromatic heterocycles. The van der Waals surface area contributed by atoms with Crippen molar-refractivity contribution in [2.45, 2.75) is 19.8 Å². The van der Waals surface area contributed by atoms with Gasteiger partial charge in [-0.2, -0.15) is 5.26 Å². The van der Waals surface area contributed by atoms with E-state index in [0.717, 1.165) is 6.07 Å². The van der Waals surface area contributed by atoms with Gasteiger partial charge in [0.15, 0.2) is 5.43 Å². The first kappa shape index (κ1) is 10.4. The maximum Gasteiger partial charge on any atom is 0.269 e. The van der Waals surface area contributed by atoms with E-state index in [2.05, 4.69) is 4.98 Å². The maximum absolute atomic E-state index is 12.4. The average molecular weight is 198 g/mol. The number of nitrogens with zero attached hydrogens (tertiary/aromatic N) is 1. The summed E-state index contributed by atoms with van der Waals surface area (Å²) in [4.78, 5) is 13.8. The summed E-state index contributed by atoms with van der Waals surface area (Å²) in [7, 11) is 0. The van der Waals surface area contributed by atoms with Gasteiger partial charge in [-0.05, 0) is 6.92 Å². The lowest BCUT2D eigenvalue weighted by atomic mass is 10.1. The third-order valence-corrected chi connectivity index (χ3v) is 1.76. The number of halogens is 2. The van der Waals surface area contributed by atoms with Crippen LogP contribution in [0.1, 0.15) is 23.4 Å². The first-order valence-electron chi connectivity index (χ1n) is 3.94. The Morgan fingerprint density at radius 2 is 2.29 bits per heavy atom. The number of alkyl halides is 2. The Morgan fingerprint density at radius 1 is 1.64 bits per heavy atom. The molecule has 0 spiro atoms. The molecule has 0 fully saturated rings. The molecule has 1 N–H and O–H groups in total. The zero-order valence-corrected chi connectivity index (χ0v) is 7.47. The van der Waals surface area contributed by atoms with Gasteiger partial charge in [0.05, 0.1) is 18.1 Å². The minimum Gasteiger partial charge on any atom is -0.361 e. The quantitative estimate of drug-likeness (QED) is 0.786. The van der Waals surface area contributed by atoms with Crippen molar-refractivity contribution < 1.29 is 8.78 Å². The molecule has 74 valence electrons. The van der Waals surface area contributed by atoms with E-state index < -0.39 is 17.4 Å². The van der Waals surface area contributed by atoms with Crippen LogP contribution in [-0.4, -0.2) is 4.98 Å². The highest BCUT2D eigenvalue weighted by atomic mass is 19.3. The van der Waals surface area contributed by atoms with E-state index in [0.29, 0.717) is 5.69 Å². The molecule has 1 aromatic rings. The Kier molecular flexibility index (Phi) is 2.97. The second-order valence-corrected chi connectivity index (χ2v) is 2.84. The number of aryl methyl sites for hydroxylation is 1. The summed E-state index contributed by atoms with van der Waals surface area (Å²) in [6, 6.07) is 2.83. The smallest absolute Gasteiger partial charge is 0.269 e.